The van der Waals surface area contributed by atoms with Crippen LogP contribution in [0.3, 0.4) is 0 Å². The van der Waals surface area contributed by atoms with Crippen LogP contribution in [0.4, 0.5) is 0 Å². The van der Waals surface area contributed by atoms with Crippen LogP contribution in [0.2, 0.25) is 0 Å². The highest BCUT2D eigenvalue weighted by Gasteiger charge is 1.60. The van der Waals surface area contributed by atoms with Gasteiger partial charge >= 0.3 is 0 Å². The fourth-order valence-corrected chi connectivity index (χ4v) is 0.703. The molecule has 4 heteroatoms. The first-order valence-electron chi connectivity index (χ1n) is 2.66. The second kappa shape index (κ2) is 4.69. The summed E-state index contributed by atoms with van der Waals surface area (Å²) in [6.07, 6.45) is 4.87. The molecule has 0 aromatic carbocycles. The lowest BCUT2D eigenvalue weighted by atomic mass is 10.8. The molecule has 0 aliphatic carbocycles. The first-order chi connectivity index (χ1) is 5.00. The molecule has 3 nitrogen and oxygen atoms in total. The molecule has 0 fully saturated rings. The van der Waals surface area contributed by atoms with Crippen molar-refractivity contribution in [3.8, 4) is 0 Å². The SMILES string of the molecule is c1cnoc1.c1cscn1. The Labute approximate surface area is 62.3 Å². The zero-order chi connectivity index (χ0) is 7.07. The third-order valence-corrected chi connectivity index (χ3v) is 1.22. The molecular weight excluding hydrogens is 148 g/mol. The molecule has 2 heterocycles. The molecule has 0 radical (unpaired) electrons. The van der Waals surface area contributed by atoms with E-state index in [0.717, 1.165) is 0 Å². The highest BCUT2D eigenvalue weighted by atomic mass is 32.1. The standard InChI is InChI=1S/C3H3NO.C3H3NS/c1-2-4-5-3-1;1-2-5-3-4-1/h2*1-3H. The summed E-state index contributed by atoms with van der Waals surface area (Å²) in [6.45, 7) is 0. The van der Waals surface area contributed by atoms with E-state index >= 15 is 0 Å². The van der Waals surface area contributed by atoms with Gasteiger partial charge in [0.1, 0.15) is 6.26 Å². The van der Waals surface area contributed by atoms with Crippen LogP contribution in [-0.2, 0) is 0 Å². The monoisotopic (exact) mass is 154 g/mol. The minimum absolute atomic E-state index is 1.51. The second-order valence-corrected chi connectivity index (χ2v) is 2.12. The fraction of sp³-hybridized carbons (Fsp3) is 0. The zero-order valence-corrected chi connectivity index (χ0v) is 5.99. The molecule has 0 aliphatic rings. The van der Waals surface area contributed by atoms with Gasteiger partial charge in [-0.15, -0.1) is 11.3 Å². The van der Waals surface area contributed by atoms with Gasteiger partial charge in [-0.1, -0.05) is 5.16 Å². The van der Waals surface area contributed by atoms with Crippen molar-refractivity contribution in [3.63, 3.8) is 0 Å². The predicted molar refractivity (Wildman–Crippen MR) is 38.6 cm³/mol. The lowest BCUT2D eigenvalue weighted by Crippen LogP contribution is -1.38. The number of rotatable bonds is 0. The summed E-state index contributed by atoms with van der Waals surface area (Å²) in [5, 5.41) is 5.28. The first-order valence-corrected chi connectivity index (χ1v) is 3.61. The van der Waals surface area contributed by atoms with E-state index in [0.29, 0.717) is 0 Å². The number of aromatic nitrogens is 2. The lowest BCUT2D eigenvalue weighted by molar-refractivity contribution is 0.420. The Morgan fingerprint density at radius 1 is 1.30 bits per heavy atom. The highest BCUT2D eigenvalue weighted by molar-refractivity contribution is 7.07. The molecular formula is C6H6N2OS. The predicted octanol–water partition coefficient (Wildman–Crippen LogP) is 1.82. The van der Waals surface area contributed by atoms with Gasteiger partial charge in [-0.05, 0) is 6.07 Å². The summed E-state index contributed by atoms with van der Waals surface area (Å²) in [6, 6.07) is 1.72. The van der Waals surface area contributed by atoms with Crippen LogP contribution >= 0.6 is 11.3 Å². The van der Waals surface area contributed by atoms with Gasteiger partial charge in [-0.25, -0.2) is 0 Å². The van der Waals surface area contributed by atoms with E-state index in [1.54, 1.807) is 35.3 Å². The maximum absolute atomic E-state index is 4.33. The van der Waals surface area contributed by atoms with Crippen LogP contribution in [0.1, 0.15) is 0 Å². The van der Waals surface area contributed by atoms with Gasteiger partial charge in [0.2, 0.25) is 0 Å². The molecule has 10 heavy (non-hydrogen) atoms. The third kappa shape index (κ3) is 2.99. The molecule has 0 aliphatic heterocycles. The van der Waals surface area contributed by atoms with Gasteiger partial charge in [0.15, 0.2) is 0 Å². The Hall–Kier alpha value is -1.16. The quantitative estimate of drug-likeness (QED) is 0.581. The van der Waals surface area contributed by atoms with Gasteiger partial charge < -0.3 is 4.52 Å². The molecule has 0 saturated carbocycles. The Balaban J connectivity index is 0.0000001000. The molecule has 0 bridgehead atoms. The van der Waals surface area contributed by atoms with Crippen LogP contribution in [0.15, 0.2) is 40.1 Å². The maximum atomic E-state index is 4.33. The molecule has 2 aromatic rings. The Morgan fingerprint density at radius 2 is 2.30 bits per heavy atom. The smallest absolute Gasteiger partial charge is 0.123 e. The van der Waals surface area contributed by atoms with Gasteiger partial charge in [0.25, 0.3) is 0 Å². The summed E-state index contributed by atoms with van der Waals surface area (Å²) in [7, 11) is 0. The van der Waals surface area contributed by atoms with E-state index < -0.39 is 0 Å². The molecule has 0 saturated heterocycles. The van der Waals surface area contributed by atoms with E-state index in [1.807, 2.05) is 5.38 Å². The van der Waals surface area contributed by atoms with Gasteiger partial charge in [-0.2, -0.15) is 0 Å². The van der Waals surface area contributed by atoms with Crippen molar-refractivity contribution < 1.29 is 4.52 Å². The summed E-state index contributed by atoms with van der Waals surface area (Å²) < 4.78 is 4.33. The largest absolute Gasteiger partial charge is 0.365 e. The first kappa shape index (κ1) is 6.95. The molecule has 2 rings (SSSR count). The average Bonchev–Trinajstić information content (AvgIpc) is 2.67. The second-order valence-electron chi connectivity index (χ2n) is 1.36. The molecule has 0 spiro atoms. The van der Waals surface area contributed by atoms with Crippen LogP contribution in [-0.4, -0.2) is 10.1 Å². The molecule has 0 N–H and O–H groups in total. The molecule has 52 valence electrons. The summed E-state index contributed by atoms with van der Waals surface area (Å²) in [4.78, 5) is 3.74. The van der Waals surface area contributed by atoms with Crippen molar-refractivity contribution in [1.82, 2.24) is 10.1 Å². The molecule has 0 amide bonds. The van der Waals surface area contributed by atoms with Crippen molar-refractivity contribution in [2.75, 3.05) is 0 Å². The number of thiazole rings is 1. The van der Waals surface area contributed by atoms with Gasteiger partial charge in [0, 0.05) is 11.6 Å². The minimum atomic E-state index is 1.51. The molecule has 0 unspecified atom stereocenters. The van der Waals surface area contributed by atoms with Crippen LogP contribution in [0, 0.1) is 0 Å². The Morgan fingerprint density at radius 3 is 2.50 bits per heavy atom. The third-order valence-electron chi connectivity index (χ3n) is 0.694. The van der Waals surface area contributed by atoms with Crippen LogP contribution in [0.25, 0.3) is 0 Å². The van der Waals surface area contributed by atoms with E-state index in [1.165, 1.54) is 6.26 Å². The van der Waals surface area contributed by atoms with Crippen molar-refractivity contribution in [3.05, 3.63) is 35.6 Å². The fourth-order valence-electron chi connectivity index (χ4n) is 0.351. The van der Waals surface area contributed by atoms with Crippen molar-refractivity contribution in [2.45, 2.75) is 0 Å². The summed E-state index contributed by atoms with van der Waals surface area (Å²) in [5.41, 5.74) is 1.79. The van der Waals surface area contributed by atoms with E-state index in [9.17, 15) is 0 Å². The van der Waals surface area contributed by atoms with Gasteiger partial charge in [0.05, 0.1) is 11.7 Å². The lowest BCUT2D eigenvalue weighted by Gasteiger charge is -1.48. The Bertz CT molecular complexity index is 155. The Kier molecular flexibility index (Phi) is 3.26. The van der Waals surface area contributed by atoms with Crippen LogP contribution in [0.5, 0.6) is 0 Å². The highest BCUT2D eigenvalue weighted by Crippen LogP contribution is 1.85. The summed E-state index contributed by atoms with van der Waals surface area (Å²) in [5.74, 6) is 0. The molecule has 0 atom stereocenters. The topological polar surface area (TPSA) is 38.9 Å². The van der Waals surface area contributed by atoms with Gasteiger partial charge in [-0.3, -0.25) is 4.98 Å². The van der Waals surface area contributed by atoms with Crippen LogP contribution < -0.4 is 0 Å². The van der Waals surface area contributed by atoms with Crippen molar-refractivity contribution in [2.24, 2.45) is 0 Å². The van der Waals surface area contributed by atoms with E-state index in [-0.39, 0.29) is 0 Å². The number of hydrogen-bond donors (Lipinski definition) is 0. The number of hydrogen-bond acceptors (Lipinski definition) is 4. The van der Waals surface area contributed by atoms with Crippen molar-refractivity contribution in [1.29, 1.82) is 0 Å². The van der Waals surface area contributed by atoms with Crippen molar-refractivity contribution >= 4 is 11.3 Å². The normalized spacial score (nSPS) is 8.00. The summed E-state index contributed by atoms with van der Waals surface area (Å²) >= 11 is 1.60. The minimum Gasteiger partial charge on any atom is -0.365 e. The van der Waals surface area contributed by atoms with E-state index in [2.05, 4.69) is 14.7 Å². The van der Waals surface area contributed by atoms with E-state index in [4.69, 9.17) is 0 Å². The number of nitrogens with zero attached hydrogens (tertiary/aromatic N) is 2. The maximum Gasteiger partial charge on any atom is 0.123 e. The average molecular weight is 154 g/mol. The zero-order valence-electron chi connectivity index (χ0n) is 5.18. The molecule has 2 aromatic heterocycles.